The number of methoxy groups -OCH3 is 2. The fourth-order valence-corrected chi connectivity index (χ4v) is 4.20. The SMILES string of the molecule is COCCN1C(=O)c2ccccc2C(C(=O)Nc2cccc(OC)c2)C1C(C)(C)C. The van der Waals surface area contributed by atoms with Gasteiger partial charge < -0.3 is 19.7 Å². The van der Waals surface area contributed by atoms with Crippen LogP contribution in [0, 0.1) is 5.41 Å². The Morgan fingerprint density at radius 3 is 2.50 bits per heavy atom. The summed E-state index contributed by atoms with van der Waals surface area (Å²) in [6.07, 6.45) is 0. The molecule has 2 amide bonds. The number of benzene rings is 2. The van der Waals surface area contributed by atoms with E-state index in [9.17, 15) is 9.59 Å². The number of amides is 2. The van der Waals surface area contributed by atoms with Gasteiger partial charge in [0.15, 0.2) is 0 Å². The summed E-state index contributed by atoms with van der Waals surface area (Å²) < 4.78 is 10.5. The van der Waals surface area contributed by atoms with Crippen LogP contribution < -0.4 is 10.1 Å². The number of hydrogen-bond donors (Lipinski definition) is 1. The molecule has 2 atom stereocenters. The number of carbonyl (C=O) groups is 2. The zero-order valence-electron chi connectivity index (χ0n) is 18.3. The van der Waals surface area contributed by atoms with Crippen LogP contribution in [0.25, 0.3) is 0 Å². The van der Waals surface area contributed by atoms with E-state index in [0.29, 0.717) is 30.2 Å². The molecule has 1 N–H and O–H groups in total. The Hall–Kier alpha value is -2.86. The van der Waals surface area contributed by atoms with Crippen LogP contribution in [0.2, 0.25) is 0 Å². The van der Waals surface area contributed by atoms with Crippen molar-refractivity contribution in [1.82, 2.24) is 4.90 Å². The number of rotatable bonds is 6. The van der Waals surface area contributed by atoms with Gasteiger partial charge in [0.1, 0.15) is 5.75 Å². The molecule has 0 spiro atoms. The van der Waals surface area contributed by atoms with Crippen LogP contribution in [0.3, 0.4) is 0 Å². The highest BCUT2D eigenvalue weighted by atomic mass is 16.5. The van der Waals surface area contributed by atoms with Crippen molar-refractivity contribution in [3.8, 4) is 5.75 Å². The van der Waals surface area contributed by atoms with Crippen LogP contribution >= 0.6 is 0 Å². The maximum absolute atomic E-state index is 13.6. The third-order valence-corrected chi connectivity index (χ3v) is 5.48. The van der Waals surface area contributed by atoms with Crippen molar-refractivity contribution >= 4 is 17.5 Å². The summed E-state index contributed by atoms with van der Waals surface area (Å²) in [5, 5.41) is 3.03. The normalized spacial score (nSPS) is 18.7. The molecule has 0 radical (unpaired) electrons. The molecule has 0 aliphatic carbocycles. The van der Waals surface area contributed by atoms with Crippen molar-refractivity contribution in [2.45, 2.75) is 32.7 Å². The highest BCUT2D eigenvalue weighted by Gasteiger charge is 2.48. The fourth-order valence-electron chi connectivity index (χ4n) is 4.20. The van der Waals surface area contributed by atoms with Crippen molar-refractivity contribution in [2.24, 2.45) is 5.41 Å². The highest BCUT2D eigenvalue weighted by Crippen LogP contribution is 2.42. The van der Waals surface area contributed by atoms with E-state index in [2.05, 4.69) is 26.1 Å². The predicted molar refractivity (Wildman–Crippen MR) is 117 cm³/mol. The number of nitrogens with one attached hydrogen (secondary N) is 1. The molecule has 6 nitrogen and oxygen atoms in total. The van der Waals surface area contributed by atoms with Gasteiger partial charge in [-0.2, -0.15) is 0 Å². The molecule has 3 rings (SSSR count). The van der Waals surface area contributed by atoms with Crippen molar-refractivity contribution in [1.29, 1.82) is 0 Å². The van der Waals surface area contributed by atoms with E-state index in [1.54, 1.807) is 31.3 Å². The molecule has 2 aromatic carbocycles. The lowest BCUT2D eigenvalue weighted by Gasteiger charge is -2.47. The van der Waals surface area contributed by atoms with Gasteiger partial charge in [-0.15, -0.1) is 0 Å². The molecule has 0 bridgehead atoms. The molecule has 2 aromatic rings. The monoisotopic (exact) mass is 410 g/mol. The second kappa shape index (κ2) is 8.88. The highest BCUT2D eigenvalue weighted by molar-refractivity contribution is 6.04. The van der Waals surface area contributed by atoms with Gasteiger partial charge in [-0.1, -0.05) is 45.0 Å². The first-order valence-electron chi connectivity index (χ1n) is 10.1. The Morgan fingerprint density at radius 1 is 1.10 bits per heavy atom. The lowest BCUT2D eigenvalue weighted by molar-refractivity contribution is -0.120. The van der Waals surface area contributed by atoms with Crippen LogP contribution in [-0.2, 0) is 9.53 Å². The number of fused-ring (bicyclic) bond motifs is 1. The summed E-state index contributed by atoms with van der Waals surface area (Å²) in [6.45, 7) is 7.01. The molecule has 0 saturated carbocycles. The Morgan fingerprint density at radius 2 is 1.83 bits per heavy atom. The number of anilines is 1. The minimum atomic E-state index is -0.512. The minimum Gasteiger partial charge on any atom is -0.497 e. The smallest absolute Gasteiger partial charge is 0.254 e. The van der Waals surface area contributed by atoms with Gasteiger partial charge in [0.25, 0.3) is 5.91 Å². The molecular formula is C24H30N2O4. The quantitative estimate of drug-likeness (QED) is 0.783. The molecule has 1 heterocycles. The Bertz CT molecular complexity index is 919. The second-order valence-corrected chi connectivity index (χ2v) is 8.59. The molecule has 6 heteroatoms. The average molecular weight is 411 g/mol. The lowest BCUT2D eigenvalue weighted by Crippen LogP contribution is -2.57. The van der Waals surface area contributed by atoms with Gasteiger partial charge >= 0.3 is 0 Å². The van der Waals surface area contributed by atoms with E-state index in [1.807, 2.05) is 36.4 Å². The van der Waals surface area contributed by atoms with Gasteiger partial charge in [0.2, 0.25) is 5.91 Å². The molecule has 30 heavy (non-hydrogen) atoms. The summed E-state index contributed by atoms with van der Waals surface area (Å²) in [5.74, 6) is -0.0541. The maximum atomic E-state index is 13.6. The van der Waals surface area contributed by atoms with Crippen LogP contribution in [0.5, 0.6) is 5.75 Å². The fraction of sp³-hybridized carbons (Fsp3) is 0.417. The van der Waals surface area contributed by atoms with Gasteiger partial charge in [-0.05, 0) is 29.2 Å². The number of ether oxygens (including phenoxy) is 2. The molecule has 2 unspecified atom stereocenters. The number of nitrogens with zero attached hydrogens (tertiary/aromatic N) is 1. The Balaban J connectivity index is 2.06. The first-order chi connectivity index (χ1) is 14.3. The third kappa shape index (κ3) is 4.33. The van der Waals surface area contributed by atoms with Crippen LogP contribution in [0.4, 0.5) is 5.69 Å². The van der Waals surface area contributed by atoms with Crippen LogP contribution in [0.1, 0.15) is 42.6 Å². The lowest BCUT2D eigenvalue weighted by atomic mass is 9.71. The van der Waals surface area contributed by atoms with Crippen molar-refractivity contribution in [3.63, 3.8) is 0 Å². The molecule has 0 fully saturated rings. The van der Waals surface area contributed by atoms with Crippen molar-refractivity contribution in [3.05, 3.63) is 59.7 Å². The molecule has 0 saturated heterocycles. The van der Waals surface area contributed by atoms with Gasteiger partial charge in [0.05, 0.1) is 25.7 Å². The summed E-state index contributed by atoms with van der Waals surface area (Å²) in [4.78, 5) is 28.7. The summed E-state index contributed by atoms with van der Waals surface area (Å²) in [5.41, 5.74) is 1.66. The maximum Gasteiger partial charge on any atom is 0.254 e. The molecular weight excluding hydrogens is 380 g/mol. The summed E-state index contributed by atoms with van der Waals surface area (Å²) >= 11 is 0. The first kappa shape index (κ1) is 21.8. The van der Waals surface area contributed by atoms with Gasteiger partial charge in [-0.3, -0.25) is 9.59 Å². The number of hydrogen-bond acceptors (Lipinski definition) is 4. The first-order valence-corrected chi connectivity index (χ1v) is 10.1. The van der Waals surface area contributed by atoms with E-state index in [-0.39, 0.29) is 23.3 Å². The molecule has 0 aromatic heterocycles. The Labute approximate surface area is 178 Å². The minimum absolute atomic E-state index is 0.0620. The summed E-state index contributed by atoms with van der Waals surface area (Å²) in [6, 6.07) is 14.3. The molecule has 160 valence electrons. The molecule has 1 aliphatic heterocycles. The largest absolute Gasteiger partial charge is 0.497 e. The second-order valence-electron chi connectivity index (χ2n) is 8.59. The van der Waals surface area contributed by atoms with Gasteiger partial charge in [0, 0.05) is 31.0 Å². The standard InChI is InChI=1S/C24H30N2O4/c1-24(2,3)21-20(22(27)25-16-9-8-10-17(15-16)30-5)18-11-6-7-12-19(18)23(28)26(21)13-14-29-4/h6-12,15,20-21H,13-14H2,1-5H3,(H,25,27). The van der Waals surface area contributed by atoms with E-state index in [4.69, 9.17) is 9.47 Å². The zero-order valence-corrected chi connectivity index (χ0v) is 18.3. The summed E-state index contributed by atoms with van der Waals surface area (Å²) in [7, 11) is 3.20. The van der Waals surface area contributed by atoms with Crippen LogP contribution in [0.15, 0.2) is 48.5 Å². The topological polar surface area (TPSA) is 67.9 Å². The van der Waals surface area contributed by atoms with Crippen LogP contribution in [-0.4, -0.2) is 50.1 Å². The van der Waals surface area contributed by atoms with E-state index >= 15 is 0 Å². The average Bonchev–Trinajstić information content (AvgIpc) is 2.72. The van der Waals surface area contributed by atoms with Gasteiger partial charge in [-0.25, -0.2) is 0 Å². The van der Waals surface area contributed by atoms with E-state index < -0.39 is 5.92 Å². The molecule has 1 aliphatic rings. The Kier molecular flexibility index (Phi) is 6.46. The third-order valence-electron chi connectivity index (χ3n) is 5.48. The predicted octanol–water partition coefficient (Wildman–Crippen LogP) is 3.93. The van der Waals surface area contributed by atoms with E-state index in [1.165, 1.54) is 0 Å². The van der Waals surface area contributed by atoms with E-state index in [0.717, 1.165) is 5.56 Å². The number of carbonyl (C=O) groups excluding carboxylic acids is 2. The van der Waals surface area contributed by atoms with Crippen molar-refractivity contribution in [2.75, 3.05) is 32.7 Å². The van der Waals surface area contributed by atoms with Crippen molar-refractivity contribution < 1.29 is 19.1 Å². The zero-order chi connectivity index (χ0) is 21.9.